The molecule has 23 nitrogen and oxygen atoms in total. The number of imidazole rings is 1. The number of rotatable bonds is 10. The van der Waals surface area contributed by atoms with Crippen molar-refractivity contribution in [1.82, 2.24) is 29.7 Å². The fraction of sp³-hybridized carbons (Fsp3) is 0.400. The van der Waals surface area contributed by atoms with Crippen LogP contribution in [0.1, 0.15) is 6.23 Å². The summed E-state index contributed by atoms with van der Waals surface area (Å²) in [6, 6.07) is 1.10. The van der Waals surface area contributed by atoms with Gasteiger partial charge < -0.3 is 54.9 Å². The first kappa shape index (κ1) is 30.8. The van der Waals surface area contributed by atoms with Crippen molar-refractivity contribution in [1.29, 1.82) is 0 Å². The zero-order valence-corrected chi connectivity index (χ0v) is 23.7. The van der Waals surface area contributed by atoms with Crippen molar-refractivity contribution >= 4 is 64.5 Å². The molecule has 0 aliphatic carbocycles. The second-order valence-corrected chi connectivity index (χ2v) is 13.2. The van der Waals surface area contributed by atoms with Gasteiger partial charge in [0, 0.05) is 6.07 Å². The lowest BCUT2D eigenvalue weighted by atomic mass is 10.1. The topological polar surface area (TPSA) is 338 Å². The summed E-state index contributed by atoms with van der Waals surface area (Å²) in [6.45, 7) is -0.922. The lowest BCUT2D eigenvalue weighted by molar-refractivity contribution is -0.166. The van der Waals surface area contributed by atoms with E-state index in [0.717, 1.165) is 6.07 Å². The third kappa shape index (κ3) is 6.77. The molecule has 0 radical (unpaired) electrons. The molecule has 5 rings (SSSR count). The minimum atomic E-state index is -5.78. The molecule has 6 unspecified atom stereocenters. The number of aromatic nitrogens is 6. The Balaban J connectivity index is 1.38. The molecule has 10 N–H and O–H groups in total. The highest BCUT2D eigenvalue weighted by atomic mass is 32.1. The van der Waals surface area contributed by atoms with Crippen LogP contribution in [0.2, 0.25) is 0 Å². The standard InChI is InChI=1S/C15H19N8O15P3S/c16-15-19-10-7(12(42)20-15)17-3-23(10)13-9-8(35-14(36-9)11(25)18-5-1-6(24)22-21-5)4(34-13)2-33-40(29,30)38-41(31,32)37-39(26,27)28/h1,3-4,8-9,13-14H,2H2,(H,29,30)(H,31,32)(H2,26,27,28)(H3,16,19,20,42)(H3,18,21,22,24,25)/t4?,8?,9?,13?,14-/m1/s1. The zero-order chi connectivity index (χ0) is 30.6. The monoisotopic (exact) mass is 676 g/mol. The Morgan fingerprint density at radius 2 is 1.86 bits per heavy atom. The first-order valence-corrected chi connectivity index (χ1v) is 16.0. The number of aromatic hydroxyl groups is 1. The van der Waals surface area contributed by atoms with Crippen molar-refractivity contribution < 1.29 is 70.5 Å². The summed E-state index contributed by atoms with van der Waals surface area (Å²) in [4.78, 5) is 60.3. The van der Waals surface area contributed by atoms with Gasteiger partial charge in [0.2, 0.25) is 18.1 Å². The highest BCUT2D eigenvalue weighted by molar-refractivity contribution is 7.71. The molecule has 2 aliphatic heterocycles. The molecule has 7 atom stereocenters. The number of fused-ring (bicyclic) bond motifs is 2. The summed E-state index contributed by atoms with van der Waals surface area (Å²) >= 11 is 5.20. The van der Waals surface area contributed by atoms with Crippen LogP contribution in [0.25, 0.3) is 11.2 Å². The largest absolute Gasteiger partial charge is 0.494 e. The van der Waals surface area contributed by atoms with Gasteiger partial charge in [0.05, 0.1) is 12.9 Å². The molecule has 2 saturated heterocycles. The maximum absolute atomic E-state index is 12.8. The Morgan fingerprint density at radius 1 is 1.14 bits per heavy atom. The molecule has 0 bridgehead atoms. The van der Waals surface area contributed by atoms with Crippen molar-refractivity contribution in [2.45, 2.75) is 30.8 Å². The average Bonchev–Trinajstić information content (AvgIpc) is 3.59. The number of ether oxygens (including phenoxy) is 3. The molecule has 1 amide bonds. The number of H-pyrrole nitrogens is 2. The predicted molar refractivity (Wildman–Crippen MR) is 133 cm³/mol. The molecule has 0 spiro atoms. The maximum Gasteiger partial charge on any atom is 0.490 e. The number of anilines is 2. The molecule has 2 fully saturated rings. The summed E-state index contributed by atoms with van der Waals surface area (Å²) in [5.74, 6) is -1.36. The minimum absolute atomic E-state index is 0.0731. The summed E-state index contributed by atoms with van der Waals surface area (Å²) in [5.41, 5.74) is 6.09. The van der Waals surface area contributed by atoms with Gasteiger partial charge in [-0.25, -0.2) is 23.8 Å². The molecule has 0 saturated carbocycles. The zero-order valence-electron chi connectivity index (χ0n) is 20.2. The minimum Gasteiger partial charge on any atom is -0.494 e. The van der Waals surface area contributed by atoms with E-state index in [0.29, 0.717) is 0 Å². The van der Waals surface area contributed by atoms with Gasteiger partial charge in [0.25, 0.3) is 5.91 Å². The number of amides is 1. The van der Waals surface area contributed by atoms with Crippen molar-refractivity contribution in [2.75, 3.05) is 17.7 Å². The van der Waals surface area contributed by atoms with Gasteiger partial charge >= 0.3 is 23.5 Å². The molecular weight excluding hydrogens is 657 g/mol. The number of phosphoric acid groups is 3. The normalized spacial score (nSPS) is 27.0. The smallest absolute Gasteiger partial charge is 0.490 e. The van der Waals surface area contributed by atoms with Gasteiger partial charge in [-0.2, -0.15) is 18.7 Å². The van der Waals surface area contributed by atoms with Crippen molar-refractivity contribution in [3.63, 3.8) is 0 Å². The molecule has 230 valence electrons. The fourth-order valence-electron chi connectivity index (χ4n) is 3.98. The number of aromatic amines is 2. The number of nitrogens with zero attached hydrogens (tertiary/aromatic N) is 4. The molecule has 5 heterocycles. The Morgan fingerprint density at radius 3 is 2.52 bits per heavy atom. The van der Waals surface area contributed by atoms with E-state index in [-0.39, 0.29) is 33.5 Å². The predicted octanol–water partition coefficient (Wildman–Crippen LogP) is -0.511. The van der Waals surface area contributed by atoms with Gasteiger partial charge in [-0.05, 0) is 0 Å². The lowest BCUT2D eigenvalue weighted by Gasteiger charge is -2.22. The highest BCUT2D eigenvalue weighted by Crippen LogP contribution is 2.66. The number of phosphoric ester groups is 1. The molecule has 27 heteroatoms. The van der Waals surface area contributed by atoms with Gasteiger partial charge in [0.15, 0.2) is 17.7 Å². The fourth-order valence-corrected chi connectivity index (χ4v) is 7.26. The molecule has 2 aliphatic rings. The van der Waals surface area contributed by atoms with E-state index in [1.807, 2.05) is 0 Å². The first-order chi connectivity index (χ1) is 19.5. The maximum atomic E-state index is 12.8. The SMILES string of the molecule is Nc1nc2c(ncn2C2OC(COP(=O)(O)OP(=O)(O)OP(=O)(O)O)C3O[C@@H](C(=O)Nc4cc(O)[nH]n4)OC32)c(=S)[nH]1. The molecule has 42 heavy (non-hydrogen) atoms. The first-order valence-electron chi connectivity index (χ1n) is 11.0. The van der Waals surface area contributed by atoms with E-state index >= 15 is 0 Å². The number of carbonyl (C=O) groups is 1. The lowest BCUT2D eigenvalue weighted by Crippen LogP contribution is -2.34. The number of nitrogen functional groups attached to an aromatic ring is 1. The second kappa shape index (κ2) is 11.1. The number of hydrogen-bond donors (Lipinski definition) is 9. The molecule has 3 aromatic rings. The summed E-state index contributed by atoms with van der Waals surface area (Å²) in [7, 11) is -16.9. The van der Waals surface area contributed by atoms with Crippen LogP contribution < -0.4 is 11.1 Å². The number of hydrogen-bond acceptors (Lipinski definition) is 16. The number of nitrogens with two attached hydrogens (primary N) is 1. The molecular formula is C15H19N8O15P3S. The average molecular weight is 676 g/mol. The Kier molecular flexibility index (Phi) is 8.15. The number of carbonyl (C=O) groups excluding carboxylic acids is 1. The van der Waals surface area contributed by atoms with E-state index in [2.05, 4.69) is 39.1 Å². The van der Waals surface area contributed by atoms with Gasteiger partial charge in [0.1, 0.15) is 28.5 Å². The van der Waals surface area contributed by atoms with E-state index in [9.17, 15) is 33.4 Å². The Bertz CT molecular complexity index is 1720. The Hall–Kier alpha value is -2.66. The van der Waals surface area contributed by atoms with E-state index in [1.54, 1.807) is 0 Å². The van der Waals surface area contributed by atoms with Crippen molar-refractivity contribution in [3.8, 4) is 5.88 Å². The second-order valence-electron chi connectivity index (χ2n) is 8.39. The summed E-state index contributed by atoms with van der Waals surface area (Å²) in [6.07, 6.45) is -5.29. The van der Waals surface area contributed by atoms with E-state index < -0.39 is 66.8 Å². The molecule has 3 aromatic heterocycles. The van der Waals surface area contributed by atoms with Crippen LogP contribution in [0, 0.1) is 4.64 Å². The van der Waals surface area contributed by atoms with E-state index in [4.69, 9.17) is 46.5 Å². The van der Waals surface area contributed by atoms with Crippen LogP contribution >= 0.6 is 35.7 Å². The summed E-state index contributed by atoms with van der Waals surface area (Å²) in [5, 5.41) is 17.6. The highest BCUT2D eigenvalue weighted by Gasteiger charge is 2.56. The molecule has 0 aromatic carbocycles. The van der Waals surface area contributed by atoms with Crippen molar-refractivity contribution in [3.05, 3.63) is 17.0 Å². The van der Waals surface area contributed by atoms with E-state index in [1.165, 1.54) is 10.9 Å². The van der Waals surface area contributed by atoms with Crippen LogP contribution in [-0.4, -0.2) is 91.5 Å². The van der Waals surface area contributed by atoms with Crippen LogP contribution in [-0.2, 0) is 45.8 Å². The third-order valence-electron chi connectivity index (χ3n) is 5.42. The van der Waals surface area contributed by atoms with Gasteiger partial charge in [-0.1, -0.05) is 12.2 Å². The Labute approximate surface area is 236 Å². The van der Waals surface area contributed by atoms with Crippen LogP contribution in [0.5, 0.6) is 5.88 Å². The van der Waals surface area contributed by atoms with Crippen LogP contribution in [0.15, 0.2) is 12.4 Å². The third-order valence-corrected chi connectivity index (χ3v) is 9.52. The summed E-state index contributed by atoms with van der Waals surface area (Å²) < 4.78 is 65.6. The van der Waals surface area contributed by atoms with Crippen LogP contribution in [0.4, 0.5) is 11.8 Å². The van der Waals surface area contributed by atoms with Crippen LogP contribution in [0.3, 0.4) is 0 Å². The quantitative estimate of drug-likeness (QED) is 0.0964. The van der Waals surface area contributed by atoms with Gasteiger partial charge in [-0.15, -0.1) is 0 Å². The van der Waals surface area contributed by atoms with Gasteiger partial charge in [-0.3, -0.25) is 13.9 Å². The van der Waals surface area contributed by atoms with Crippen molar-refractivity contribution in [2.24, 2.45) is 0 Å². The number of nitrogens with one attached hydrogen (secondary N) is 3.